The van der Waals surface area contributed by atoms with Crippen LogP contribution in [-0.2, 0) is 0 Å². The summed E-state index contributed by atoms with van der Waals surface area (Å²) in [7, 11) is 1.46. The molecule has 0 bridgehead atoms. The molecule has 0 saturated carbocycles. The van der Waals surface area contributed by atoms with Gasteiger partial charge in [-0.3, -0.25) is 0 Å². The number of hydrogen-bond acceptors (Lipinski definition) is 3. The van der Waals surface area contributed by atoms with E-state index in [0.29, 0.717) is 16.9 Å². The summed E-state index contributed by atoms with van der Waals surface area (Å²) in [5.74, 6) is -0.273. The molecule has 2 aromatic rings. The molecule has 0 spiro atoms. The predicted octanol–water partition coefficient (Wildman–Crippen LogP) is 5.56. The SMILES string of the molecule is C=C1C(F)=CC(c2ccccc2)=C(c2ncc(OC)cc2Cl)N1CC(F)F. The second-order valence-electron chi connectivity index (χ2n) is 5.77. The average Bonchev–Trinajstić information content (AvgIpc) is 2.66. The van der Waals surface area contributed by atoms with Crippen LogP contribution in [0.25, 0.3) is 11.3 Å². The van der Waals surface area contributed by atoms with Crippen molar-refractivity contribution in [1.82, 2.24) is 9.88 Å². The number of aromatic nitrogens is 1. The summed E-state index contributed by atoms with van der Waals surface area (Å²) in [6.07, 6.45) is -0.0249. The normalized spacial score (nSPS) is 14.7. The second-order valence-corrected chi connectivity index (χ2v) is 6.18. The van der Waals surface area contributed by atoms with Gasteiger partial charge in [0.15, 0.2) is 0 Å². The van der Waals surface area contributed by atoms with Gasteiger partial charge in [0, 0.05) is 11.6 Å². The Hall–Kier alpha value is -2.73. The lowest BCUT2D eigenvalue weighted by Gasteiger charge is -2.33. The Kier molecular flexibility index (Phi) is 5.56. The van der Waals surface area contributed by atoms with E-state index in [1.807, 2.05) is 0 Å². The molecule has 140 valence electrons. The van der Waals surface area contributed by atoms with Crippen molar-refractivity contribution < 1.29 is 17.9 Å². The van der Waals surface area contributed by atoms with Crippen molar-refractivity contribution in [3.63, 3.8) is 0 Å². The van der Waals surface area contributed by atoms with Gasteiger partial charge in [-0.25, -0.2) is 18.2 Å². The van der Waals surface area contributed by atoms with E-state index in [9.17, 15) is 13.2 Å². The van der Waals surface area contributed by atoms with Crippen LogP contribution in [0.4, 0.5) is 13.2 Å². The molecule has 0 radical (unpaired) electrons. The van der Waals surface area contributed by atoms with Gasteiger partial charge in [0.25, 0.3) is 6.43 Å². The standard InChI is InChI=1S/C20H16ClF3N2O/c1-12-17(22)9-15(13-6-4-3-5-7-13)20(26(12)11-18(23)24)19-16(21)8-14(27-2)10-25-19/h3-10,18H,1,11H2,2H3. The summed E-state index contributed by atoms with van der Waals surface area (Å²) in [5.41, 5.74) is 1.37. The summed E-state index contributed by atoms with van der Waals surface area (Å²) in [6, 6.07) is 10.4. The lowest BCUT2D eigenvalue weighted by molar-refractivity contribution is 0.122. The van der Waals surface area contributed by atoms with Crippen LogP contribution in [0.5, 0.6) is 5.75 Å². The fraction of sp³-hybridized carbons (Fsp3) is 0.150. The van der Waals surface area contributed by atoms with Gasteiger partial charge in [-0.1, -0.05) is 48.5 Å². The van der Waals surface area contributed by atoms with Gasteiger partial charge in [0.1, 0.15) is 17.3 Å². The molecule has 3 rings (SSSR count). The first-order valence-electron chi connectivity index (χ1n) is 8.04. The van der Waals surface area contributed by atoms with Crippen LogP contribution < -0.4 is 4.74 Å². The first kappa shape index (κ1) is 19.0. The van der Waals surface area contributed by atoms with Gasteiger partial charge in [-0.15, -0.1) is 0 Å². The first-order valence-corrected chi connectivity index (χ1v) is 8.42. The minimum Gasteiger partial charge on any atom is -0.495 e. The number of allylic oxidation sites excluding steroid dienone is 3. The van der Waals surface area contributed by atoms with E-state index in [1.54, 1.807) is 30.3 Å². The Bertz CT molecular complexity index is 926. The maximum Gasteiger partial charge on any atom is 0.256 e. The minimum atomic E-state index is -2.71. The van der Waals surface area contributed by atoms with Gasteiger partial charge in [-0.2, -0.15) is 0 Å². The molecule has 0 fully saturated rings. The van der Waals surface area contributed by atoms with Crippen molar-refractivity contribution >= 4 is 22.9 Å². The van der Waals surface area contributed by atoms with E-state index in [2.05, 4.69) is 11.6 Å². The van der Waals surface area contributed by atoms with Gasteiger partial charge >= 0.3 is 0 Å². The van der Waals surface area contributed by atoms with Crippen LogP contribution in [0.2, 0.25) is 5.02 Å². The Morgan fingerprint density at radius 3 is 2.56 bits per heavy atom. The molecule has 1 aromatic carbocycles. The molecule has 3 nitrogen and oxygen atoms in total. The number of hydrogen-bond donors (Lipinski definition) is 0. The molecular weight excluding hydrogens is 377 g/mol. The third-order valence-electron chi connectivity index (χ3n) is 4.08. The molecule has 27 heavy (non-hydrogen) atoms. The number of halogens is 4. The Labute approximate surface area is 160 Å². The van der Waals surface area contributed by atoms with E-state index in [1.165, 1.54) is 25.4 Å². The summed E-state index contributed by atoms with van der Waals surface area (Å²) in [4.78, 5) is 5.39. The van der Waals surface area contributed by atoms with E-state index < -0.39 is 18.8 Å². The van der Waals surface area contributed by atoms with Crippen LogP contribution >= 0.6 is 11.6 Å². The van der Waals surface area contributed by atoms with Crippen molar-refractivity contribution in [3.8, 4) is 5.75 Å². The molecule has 2 heterocycles. The number of ether oxygens (including phenoxy) is 1. The molecule has 0 N–H and O–H groups in total. The molecule has 0 aliphatic carbocycles. The molecule has 0 amide bonds. The highest BCUT2D eigenvalue weighted by Crippen LogP contribution is 2.41. The van der Waals surface area contributed by atoms with Crippen LogP contribution in [-0.4, -0.2) is 30.0 Å². The van der Waals surface area contributed by atoms with Crippen molar-refractivity contribution in [1.29, 1.82) is 0 Å². The largest absolute Gasteiger partial charge is 0.495 e. The molecular formula is C20H16ClF3N2O. The van der Waals surface area contributed by atoms with E-state index >= 15 is 0 Å². The highest BCUT2D eigenvalue weighted by molar-refractivity contribution is 6.32. The average molecular weight is 393 g/mol. The molecule has 0 saturated heterocycles. The highest BCUT2D eigenvalue weighted by Gasteiger charge is 2.30. The minimum absolute atomic E-state index is 0.168. The van der Waals surface area contributed by atoms with E-state index in [0.717, 1.165) is 4.90 Å². The monoisotopic (exact) mass is 392 g/mol. The van der Waals surface area contributed by atoms with Crippen molar-refractivity contribution in [2.75, 3.05) is 13.7 Å². The maximum atomic E-state index is 14.5. The molecule has 0 atom stereocenters. The van der Waals surface area contributed by atoms with Crippen LogP contribution in [0, 0.1) is 0 Å². The van der Waals surface area contributed by atoms with Crippen molar-refractivity contribution in [2.45, 2.75) is 6.43 Å². The molecule has 1 aliphatic rings. The third kappa shape index (κ3) is 3.85. The third-order valence-corrected chi connectivity index (χ3v) is 4.37. The van der Waals surface area contributed by atoms with E-state index in [4.69, 9.17) is 16.3 Å². The Morgan fingerprint density at radius 1 is 1.26 bits per heavy atom. The van der Waals surface area contributed by atoms with Gasteiger partial charge in [0.05, 0.1) is 36.3 Å². The van der Waals surface area contributed by atoms with Gasteiger partial charge in [0.2, 0.25) is 0 Å². The summed E-state index contributed by atoms with van der Waals surface area (Å²) in [5, 5.41) is 0.195. The Morgan fingerprint density at radius 2 is 1.96 bits per heavy atom. The highest BCUT2D eigenvalue weighted by atomic mass is 35.5. The van der Waals surface area contributed by atoms with Gasteiger partial charge < -0.3 is 9.64 Å². The van der Waals surface area contributed by atoms with Crippen LogP contribution in [0.1, 0.15) is 11.3 Å². The number of nitrogens with zero attached hydrogens (tertiary/aromatic N) is 2. The molecule has 1 aliphatic heterocycles. The number of methoxy groups -OCH3 is 1. The lowest BCUT2D eigenvalue weighted by atomic mass is 9.96. The summed E-state index contributed by atoms with van der Waals surface area (Å²) < 4.78 is 46.1. The first-order chi connectivity index (χ1) is 12.9. The lowest BCUT2D eigenvalue weighted by Crippen LogP contribution is -2.30. The quantitative estimate of drug-likeness (QED) is 0.666. The fourth-order valence-corrected chi connectivity index (χ4v) is 3.07. The topological polar surface area (TPSA) is 25.4 Å². The molecule has 0 unspecified atom stereocenters. The smallest absolute Gasteiger partial charge is 0.256 e. The van der Waals surface area contributed by atoms with Crippen LogP contribution in [0.15, 0.2) is 66.8 Å². The predicted molar refractivity (Wildman–Crippen MR) is 100 cm³/mol. The number of alkyl halides is 2. The summed E-state index contributed by atoms with van der Waals surface area (Å²) in [6.45, 7) is 2.88. The van der Waals surface area contributed by atoms with Gasteiger partial charge in [-0.05, 0) is 11.6 Å². The summed E-state index contributed by atoms with van der Waals surface area (Å²) >= 11 is 6.35. The zero-order valence-electron chi connectivity index (χ0n) is 14.4. The maximum absolute atomic E-state index is 14.5. The van der Waals surface area contributed by atoms with Crippen LogP contribution in [0.3, 0.4) is 0 Å². The Balaban J connectivity index is 2.29. The van der Waals surface area contributed by atoms with Crippen molar-refractivity contribution in [3.05, 3.63) is 83.1 Å². The molecule has 7 heteroatoms. The van der Waals surface area contributed by atoms with E-state index in [-0.39, 0.29) is 22.1 Å². The number of pyridine rings is 1. The molecule has 1 aromatic heterocycles. The number of rotatable bonds is 5. The van der Waals surface area contributed by atoms with Crippen molar-refractivity contribution in [2.24, 2.45) is 0 Å². The fourth-order valence-electron chi connectivity index (χ4n) is 2.83. The number of benzene rings is 1. The second kappa shape index (κ2) is 7.88. The zero-order chi connectivity index (χ0) is 19.6. The zero-order valence-corrected chi connectivity index (χ0v) is 15.2.